The van der Waals surface area contributed by atoms with Gasteiger partial charge < -0.3 is 20.3 Å². The van der Waals surface area contributed by atoms with Gasteiger partial charge in [0.2, 0.25) is 10.0 Å². The van der Waals surface area contributed by atoms with Crippen molar-refractivity contribution >= 4 is 26.8 Å². The number of methoxy groups -OCH3 is 1. The highest BCUT2D eigenvalue weighted by Crippen LogP contribution is 2.27. The zero-order chi connectivity index (χ0) is 30.5. The Kier molecular flexibility index (Phi) is 9.81. The fourth-order valence-corrected chi connectivity index (χ4v) is 6.30. The predicted octanol–water partition coefficient (Wildman–Crippen LogP) is 4.94. The van der Waals surface area contributed by atoms with Crippen LogP contribution in [0.4, 0.5) is 0 Å². The number of nitrogens with one attached hydrogen (secondary N) is 1. The number of β-amino-alcohol motifs (C(OH)–C–C–N with tert-alkyl or cyclic N) is 1. The Bertz CT molecular complexity index is 1670. The van der Waals surface area contributed by atoms with Crippen LogP contribution >= 0.6 is 0 Å². The third kappa shape index (κ3) is 7.61. The number of nitrogens with zero attached hydrogens (tertiary/aromatic N) is 1. The van der Waals surface area contributed by atoms with Crippen LogP contribution < -0.4 is 5.32 Å². The van der Waals surface area contributed by atoms with E-state index in [1.165, 1.54) is 42.6 Å². The van der Waals surface area contributed by atoms with E-state index in [1.807, 2.05) is 12.1 Å². The maximum atomic E-state index is 13.4. The molecule has 0 unspecified atom stereocenters. The first-order valence-corrected chi connectivity index (χ1v) is 15.2. The van der Waals surface area contributed by atoms with Gasteiger partial charge in [-0.25, -0.2) is 13.2 Å². The second-order valence-corrected chi connectivity index (χ2v) is 13.2. The third-order valence-corrected chi connectivity index (χ3v) is 9.07. The van der Waals surface area contributed by atoms with Gasteiger partial charge in [-0.3, -0.25) is 0 Å². The highest BCUT2D eigenvalue weighted by atomic mass is 32.2. The molecule has 0 radical (unpaired) electrons. The Balaban J connectivity index is 1.41. The number of carbonyl (C=O) groups is 1. The summed E-state index contributed by atoms with van der Waals surface area (Å²) in [6, 6.07) is 25.9. The fraction of sp³-hybridized carbons (Fsp3) is 0.303. The smallest absolute Gasteiger partial charge is 0.336 e. The molecule has 4 aromatic rings. The molecule has 0 aliphatic heterocycles. The average molecular weight is 591 g/mol. The number of hydrogen-bond donors (Lipinski definition) is 3. The van der Waals surface area contributed by atoms with Crippen LogP contribution in [0.1, 0.15) is 35.3 Å². The Labute approximate surface area is 247 Å². The Morgan fingerprint density at radius 3 is 2.38 bits per heavy atom. The molecule has 4 rings (SSSR count). The fourth-order valence-electron chi connectivity index (χ4n) is 5.05. The summed E-state index contributed by atoms with van der Waals surface area (Å²) in [5.41, 5.74) is 2.76. The topological polar surface area (TPSA) is 116 Å². The number of likely N-dealkylation sites (N-methyl/N-ethyl adjacent to an activating group) is 1. The van der Waals surface area contributed by atoms with Crippen LogP contribution in [0.2, 0.25) is 0 Å². The summed E-state index contributed by atoms with van der Waals surface area (Å²) < 4.78 is 33.1. The lowest BCUT2D eigenvalue weighted by Gasteiger charge is -2.29. The molecule has 0 spiro atoms. The number of aliphatic hydroxyl groups is 1. The molecule has 0 aliphatic rings. The zero-order valence-electron chi connectivity index (χ0n) is 24.4. The lowest BCUT2D eigenvalue weighted by atomic mass is 9.93. The minimum Gasteiger partial charge on any atom is -0.478 e. The third-order valence-electron chi connectivity index (χ3n) is 7.26. The van der Waals surface area contributed by atoms with Gasteiger partial charge in [0.1, 0.15) is 0 Å². The van der Waals surface area contributed by atoms with Crippen molar-refractivity contribution in [3.8, 4) is 11.1 Å². The van der Waals surface area contributed by atoms with Crippen LogP contribution in [-0.4, -0.2) is 67.8 Å². The Morgan fingerprint density at radius 2 is 1.67 bits per heavy atom. The molecule has 0 aliphatic carbocycles. The number of benzene rings is 4. The maximum Gasteiger partial charge on any atom is 0.336 e. The molecular weight excluding hydrogens is 552 g/mol. The van der Waals surface area contributed by atoms with E-state index in [2.05, 4.69) is 49.5 Å². The lowest BCUT2D eigenvalue weighted by molar-refractivity contribution is 0.0692. The first-order valence-electron chi connectivity index (χ1n) is 13.7. The van der Waals surface area contributed by atoms with Crippen LogP contribution in [0.5, 0.6) is 0 Å². The summed E-state index contributed by atoms with van der Waals surface area (Å²) >= 11 is 0. The van der Waals surface area contributed by atoms with Crippen molar-refractivity contribution in [3.63, 3.8) is 0 Å². The summed E-state index contributed by atoms with van der Waals surface area (Å²) in [5.74, 6) is -1.06. The van der Waals surface area contributed by atoms with E-state index >= 15 is 0 Å². The average Bonchev–Trinajstić information content (AvgIpc) is 2.96. The second kappa shape index (κ2) is 13.1. The normalized spacial score (nSPS) is 13.0. The van der Waals surface area contributed by atoms with E-state index < -0.39 is 22.1 Å². The number of hydrogen-bond acceptors (Lipinski definition) is 6. The number of aromatic carboxylic acids is 1. The number of fused-ring (bicyclic) bond motifs is 1. The summed E-state index contributed by atoms with van der Waals surface area (Å²) in [4.78, 5) is 11.6. The van der Waals surface area contributed by atoms with Crippen LogP contribution in [0.3, 0.4) is 0 Å². The van der Waals surface area contributed by atoms with Gasteiger partial charge in [-0.1, -0.05) is 60.7 Å². The van der Waals surface area contributed by atoms with E-state index in [9.17, 15) is 23.4 Å². The Morgan fingerprint density at radius 1 is 0.952 bits per heavy atom. The summed E-state index contributed by atoms with van der Waals surface area (Å²) in [6.45, 7) is 4.36. The van der Waals surface area contributed by atoms with E-state index in [4.69, 9.17) is 4.74 Å². The number of aliphatic hydroxyl groups excluding tert-OH is 1. The van der Waals surface area contributed by atoms with Crippen LogP contribution in [0.25, 0.3) is 21.9 Å². The quantitative estimate of drug-likeness (QED) is 0.202. The number of carboxylic acid groups (broad SMARTS) is 1. The molecule has 0 aromatic heterocycles. The second-order valence-electron chi connectivity index (χ2n) is 11.2. The summed E-state index contributed by atoms with van der Waals surface area (Å²) in [6.07, 6.45) is -0.186. The van der Waals surface area contributed by atoms with Crippen LogP contribution in [0.15, 0.2) is 89.8 Å². The standard InChI is InChI=1S/C33H38N2O6S/c1-33(2,19-23-12-13-24-8-5-6-9-25(24)16-23)34-20-29(36)21-35(3)42(39,40)30-11-7-10-26(18-30)27-14-15-31(32(37)38)28(17-27)22-41-4/h5-18,29,34,36H,19-22H2,1-4H3,(H,37,38)/t29-/m1/s1. The molecule has 42 heavy (non-hydrogen) atoms. The highest BCUT2D eigenvalue weighted by Gasteiger charge is 2.25. The molecule has 4 aromatic carbocycles. The van der Waals surface area contributed by atoms with Gasteiger partial charge in [0.05, 0.1) is 23.2 Å². The van der Waals surface area contributed by atoms with Crippen molar-refractivity contribution < 1.29 is 28.2 Å². The first kappa shape index (κ1) is 31.3. The molecule has 0 saturated carbocycles. The van der Waals surface area contributed by atoms with E-state index in [0.717, 1.165) is 10.7 Å². The minimum atomic E-state index is -3.90. The van der Waals surface area contributed by atoms with Gasteiger partial charge in [0, 0.05) is 32.8 Å². The molecule has 0 saturated heterocycles. The van der Waals surface area contributed by atoms with Crippen LogP contribution in [0, 0.1) is 0 Å². The van der Waals surface area contributed by atoms with E-state index in [0.29, 0.717) is 16.7 Å². The molecule has 8 nitrogen and oxygen atoms in total. The molecule has 0 amide bonds. The lowest BCUT2D eigenvalue weighted by Crippen LogP contribution is -2.47. The highest BCUT2D eigenvalue weighted by molar-refractivity contribution is 7.89. The van der Waals surface area contributed by atoms with Crippen molar-refractivity contribution in [2.45, 2.75) is 43.4 Å². The molecule has 0 fully saturated rings. The predicted molar refractivity (Wildman–Crippen MR) is 165 cm³/mol. The molecule has 0 bridgehead atoms. The summed E-state index contributed by atoms with van der Waals surface area (Å²) in [5, 5.41) is 26.0. The number of carboxylic acids is 1. The molecule has 222 valence electrons. The van der Waals surface area contributed by atoms with E-state index in [1.54, 1.807) is 30.3 Å². The van der Waals surface area contributed by atoms with Gasteiger partial charge in [0.25, 0.3) is 0 Å². The van der Waals surface area contributed by atoms with Gasteiger partial charge in [-0.15, -0.1) is 0 Å². The summed E-state index contributed by atoms with van der Waals surface area (Å²) in [7, 11) is -0.971. The van der Waals surface area contributed by atoms with Crippen molar-refractivity contribution in [3.05, 3.63) is 102 Å². The number of rotatable bonds is 13. The monoisotopic (exact) mass is 590 g/mol. The number of sulfonamides is 1. The molecule has 3 N–H and O–H groups in total. The molecule has 1 atom stereocenters. The van der Waals surface area contributed by atoms with Crippen molar-refractivity contribution in [2.75, 3.05) is 27.2 Å². The molecule has 9 heteroatoms. The van der Waals surface area contributed by atoms with Gasteiger partial charge >= 0.3 is 5.97 Å². The minimum absolute atomic E-state index is 0.0786. The largest absolute Gasteiger partial charge is 0.478 e. The van der Waals surface area contributed by atoms with Gasteiger partial charge in [-0.2, -0.15) is 4.31 Å². The van der Waals surface area contributed by atoms with Gasteiger partial charge in [-0.05, 0) is 77.6 Å². The SMILES string of the molecule is COCc1cc(-c2cccc(S(=O)(=O)N(C)C[C@H](O)CNC(C)(C)Cc3ccc4ccccc4c3)c2)ccc1C(=O)O. The zero-order valence-corrected chi connectivity index (χ0v) is 25.2. The van der Waals surface area contributed by atoms with Crippen molar-refractivity contribution in [1.29, 1.82) is 0 Å². The molecular formula is C33H38N2O6S. The van der Waals surface area contributed by atoms with Crippen LogP contribution in [-0.2, 0) is 27.8 Å². The van der Waals surface area contributed by atoms with Crippen molar-refractivity contribution in [1.82, 2.24) is 9.62 Å². The molecule has 0 heterocycles. The first-order chi connectivity index (χ1) is 19.9. The number of ether oxygens (including phenoxy) is 1. The van der Waals surface area contributed by atoms with E-state index in [-0.39, 0.29) is 35.7 Å². The maximum absolute atomic E-state index is 13.4. The Hall–Kier alpha value is -3.60. The van der Waals surface area contributed by atoms with Gasteiger partial charge in [0.15, 0.2) is 0 Å². The van der Waals surface area contributed by atoms with Crippen molar-refractivity contribution in [2.24, 2.45) is 0 Å².